The number of nitrogens with zero attached hydrogens (tertiary/aromatic N) is 1. The lowest BCUT2D eigenvalue weighted by molar-refractivity contribution is 0.241. The number of rotatable bonds is 5. The lowest BCUT2D eigenvalue weighted by atomic mass is 9.84. The average molecular weight is 315 g/mol. The van der Waals surface area contributed by atoms with E-state index in [9.17, 15) is 8.42 Å². The van der Waals surface area contributed by atoms with Crippen molar-refractivity contribution >= 4 is 10.2 Å². The summed E-state index contributed by atoms with van der Waals surface area (Å²) >= 11 is 0. The maximum atomic E-state index is 12.7. The molecule has 5 nitrogen and oxygen atoms in total. The average Bonchev–Trinajstić information content (AvgIpc) is 3.09. The topological polar surface area (TPSA) is 75.4 Å². The number of fused-ring (bicyclic) bond motifs is 2. The third kappa shape index (κ3) is 3.14. The van der Waals surface area contributed by atoms with Gasteiger partial charge in [-0.05, 0) is 56.8 Å². The van der Waals surface area contributed by atoms with Gasteiger partial charge in [0.2, 0.25) is 0 Å². The van der Waals surface area contributed by atoms with E-state index in [0.717, 1.165) is 31.1 Å². The molecule has 2 bridgehead atoms. The highest BCUT2D eigenvalue weighted by molar-refractivity contribution is 7.87. The molecule has 2 saturated carbocycles. The van der Waals surface area contributed by atoms with Gasteiger partial charge in [0.15, 0.2) is 0 Å². The summed E-state index contributed by atoms with van der Waals surface area (Å²) in [6, 6.07) is 0.0223. The van der Waals surface area contributed by atoms with E-state index < -0.39 is 10.2 Å². The van der Waals surface area contributed by atoms with Crippen molar-refractivity contribution in [3.8, 4) is 0 Å². The lowest BCUT2D eigenvalue weighted by Gasteiger charge is -2.36. The second kappa shape index (κ2) is 6.14. The van der Waals surface area contributed by atoms with Gasteiger partial charge in [-0.15, -0.1) is 0 Å². The summed E-state index contributed by atoms with van der Waals surface area (Å²) in [5, 5.41) is 0. The van der Waals surface area contributed by atoms with Crippen LogP contribution in [0.25, 0.3) is 0 Å². The van der Waals surface area contributed by atoms with Gasteiger partial charge in [-0.1, -0.05) is 12.8 Å². The van der Waals surface area contributed by atoms with E-state index in [1.165, 1.54) is 25.7 Å². The number of piperidine rings is 1. The van der Waals surface area contributed by atoms with E-state index >= 15 is 0 Å². The van der Waals surface area contributed by atoms with Crippen LogP contribution >= 0.6 is 0 Å². The minimum absolute atomic E-state index is 0.0246. The van der Waals surface area contributed by atoms with E-state index in [1.54, 1.807) is 4.31 Å². The first-order valence-corrected chi connectivity index (χ1v) is 9.94. The van der Waals surface area contributed by atoms with Gasteiger partial charge in [0.25, 0.3) is 10.2 Å². The lowest BCUT2D eigenvalue weighted by Crippen LogP contribution is -2.54. The van der Waals surface area contributed by atoms with Crippen molar-refractivity contribution in [3.63, 3.8) is 0 Å². The second-order valence-electron chi connectivity index (χ2n) is 7.25. The Morgan fingerprint density at radius 3 is 2.67 bits per heavy atom. The van der Waals surface area contributed by atoms with Crippen LogP contribution in [0.1, 0.15) is 51.9 Å². The third-order valence-corrected chi connectivity index (χ3v) is 7.69. The van der Waals surface area contributed by atoms with Gasteiger partial charge < -0.3 is 5.73 Å². The van der Waals surface area contributed by atoms with Crippen molar-refractivity contribution in [2.24, 2.45) is 23.5 Å². The quantitative estimate of drug-likeness (QED) is 0.806. The van der Waals surface area contributed by atoms with Crippen LogP contribution in [-0.2, 0) is 10.2 Å². The molecule has 3 rings (SSSR count). The molecule has 0 amide bonds. The molecule has 5 unspecified atom stereocenters. The van der Waals surface area contributed by atoms with Crippen LogP contribution in [0.5, 0.6) is 0 Å². The van der Waals surface area contributed by atoms with E-state index in [-0.39, 0.29) is 12.1 Å². The van der Waals surface area contributed by atoms with E-state index in [2.05, 4.69) is 4.72 Å². The zero-order chi connectivity index (χ0) is 15.0. The predicted octanol–water partition coefficient (Wildman–Crippen LogP) is 1.46. The molecular formula is C15H29N3O2S. The highest BCUT2D eigenvalue weighted by Gasteiger charge is 2.43. The summed E-state index contributed by atoms with van der Waals surface area (Å²) in [7, 11) is -3.39. The fourth-order valence-electron chi connectivity index (χ4n) is 4.82. The predicted molar refractivity (Wildman–Crippen MR) is 83.9 cm³/mol. The molecule has 3 aliphatic rings. The first-order chi connectivity index (χ1) is 10.0. The minimum atomic E-state index is -3.39. The molecule has 2 aliphatic carbocycles. The van der Waals surface area contributed by atoms with Gasteiger partial charge in [0.05, 0.1) is 0 Å². The van der Waals surface area contributed by atoms with Gasteiger partial charge >= 0.3 is 0 Å². The Morgan fingerprint density at radius 1 is 1.24 bits per heavy atom. The Bertz CT molecular complexity index is 468. The molecule has 1 heterocycles. The molecule has 0 radical (unpaired) electrons. The van der Waals surface area contributed by atoms with Crippen LogP contribution in [0.2, 0.25) is 0 Å². The summed E-state index contributed by atoms with van der Waals surface area (Å²) in [6.07, 6.45) is 8.06. The minimum Gasteiger partial charge on any atom is -0.329 e. The highest BCUT2D eigenvalue weighted by atomic mass is 32.2. The van der Waals surface area contributed by atoms with Crippen molar-refractivity contribution in [1.82, 2.24) is 9.03 Å². The fraction of sp³-hybridized carbons (Fsp3) is 1.00. The maximum absolute atomic E-state index is 12.7. The fourth-order valence-corrected chi connectivity index (χ4v) is 6.56. The van der Waals surface area contributed by atoms with Crippen LogP contribution in [-0.4, -0.2) is 37.9 Å². The standard InChI is InChI=1S/C15H29N3O2S/c1-11(15-9-12-5-6-13(15)8-12)17-21(19,20)18-7-3-2-4-14(18)10-16/h11-15,17H,2-10,16H2,1H3. The molecule has 0 aromatic carbocycles. The third-order valence-electron chi connectivity index (χ3n) is 5.92. The summed E-state index contributed by atoms with van der Waals surface area (Å²) in [4.78, 5) is 0. The van der Waals surface area contributed by atoms with Crippen molar-refractivity contribution in [2.75, 3.05) is 13.1 Å². The molecule has 3 N–H and O–H groups in total. The molecule has 0 aromatic heterocycles. The van der Waals surface area contributed by atoms with Gasteiger partial charge in [-0.3, -0.25) is 0 Å². The Hall–Kier alpha value is -0.170. The number of nitrogens with one attached hydrogen (secondary N) is 1. The molecule has 21 heavy (non-hydrogen) atoms. The molecule has 122 valence electrons. The van der Waals surface area contributed by atoms with Crippen molar-refractivity contribution in [3.05, 3.63) is 0 Å². The molecule has 0 spiro atoms. The molecular weight excluding hydrogens is 286 g/mol. The van der Waals surface area contributed by atoms with Crippen LogP contribution in [0.4, 0.5) is 0 Å². The Kier molecular flexibility index (Phi) is 4.60. The number of hydrogen-bond donors (Lipinski definition) is 2. The van der Waals surface area contributed by atoms with Crippen molar-refractivity contribution in [1.29, 1.82) is 0 Å². The monoisotopic (exact) mass is 315 g/mol. The normalized spacial score (nSPS) is 38.8. The summed E-state index contributed by atoms with van der Waals surface area (Å²) in [5.41, 5.74) is 5.76. The van der Waals surface area contributed by atoms with Crippen molar-refractivity contribution < 1.29 is 8.42 Å². The van der Waals surface area contributed by atoms with E-state index in [1.807, 2.05) is 6.92 Å². The van der Waals surface area contributed by atoms with Gasteiger partial charge in [-0.25, -0.2) is 0 Å². The second-order valence-corrected chi connectivity index (χ2v) is 8.90. The highest BCUT2D eigenvalue weighted by Crippen LogP contribution is 2.49. The number of nitrogens with two attached hydrogens (primary N) is 1. The molecule has 1 aliphatic heterocycles. The van der Waals surface area contributed by atoms with Crippen LogP contribution in [0.15, 0.2) is 0 Å². The zero-order valence-corrected chi connectivity index (χ0v) is 13.8. The number of hydrogen-bond acceptors (Lipinski definition) is 3. The van der Waals surface area contributed by atoms with Crippen LogP contribution in [0, 0.1) is 17.8 Å². The largest absolute Gasteiger partial charge is 0.329 e. The van der Waals surface area contributed by atoms with E-state index in [0.29, 0.717) is 19.0 Å². The van der Waals surface area contributed by atoms with Crippen LogP contribution in [0.3, 0.4) is 0 Å². The Labute approximate surface area is 128 Å². The van der Waals surface area contributed by atoms with Gasteiger partial charge in [0.1, 0.15) is 0 Å². The molecule has 3 fully saturated rings. The van der Waals surface area contributed by atoms with Crippen molar-refractivity contribution in [2.45, 2.75) is 64.0 Å². The van der Waals surface area contributed by atoms with Crippen LogP contribution < -0.4 is 10.5 Å². The molecule has 5 atom stereocenters. The zero-order valence-electron chi connectivity index (χ0n) is 13.0. The first-order valence-electron chi connectivity index (χ1n) is 8.50. The SMILES string of the molecule is CC(NS(=O)(=O)N1CCCCC1CN)C1CC2CCC1C2. The Balaban J connectivity index is 1.64. The maximum Gasteiger partial charge on any atom is 0.279 e. The Morgan fingerprint density at radius 2 is 2.05 bits per heavy atom. The summed E-state index contributed by atoms with van der Waals surface area (Å²) in [5.74, 6) is 2.11. The summed E-state index contributed by atoms with van der Waals surface area (Å²) < 4.78 is 29.9. The molecule has 6 heteroatoms. The van der Waals surface area contributed by atoms with Gasteiger partial charge in [0, 0.05) is 25.2 Å². The molecule has 1 saturated heterocycles. The smallest absolute Gasteiger partial charge is 0.279 e. The summed E-state index contributed by atoms with van der Waals surface area (Å²) in [6.45, 7) is 3.08. The van der Waals surface area contributed by atoms with Gasteiger partial charge in [-0.2, -0.15) is 17.4 Å². The molecule has 0 aromatic rings. The first kappa shape index (κ1) is 15.7. The van der Waals surface area contributed by atoms with E-state index in [4.69, 9.17) is 5.73 Å².